The Balaban J connectivity index is 0.00000344. The lowest BCUT2D eigenvalue weighted by molar-refractivity contribution is -0.385. The van der Waals surface area contributed by atoms with Crippen LogP contribution < -0.4 is 19.8 Å². The summed E-state index contributed by atoms with van der Waals surface area (Å²) >= 11 is 0. The molecule has 0 aliphatic carbocycles. The Hall–Kier alpha value is -3.90. The van der Waals surface area contributed by atoms with Crippen LogP contribution in [0.5, 0.6) is 17.2 Å². The van der Waals surface area contributed by atoms with Gasteiger partial charge in [-0.3, -0.25) is 20.2 Å². The molecule has 0 saturated carbocycles. The predicted molar refractivity (Wildman–Crippen MR) is 150 cm³/mol. The predicted octanol–water partition coefficient (Wildman–Crippen LogP) is 5.66. The van der Waals surface area contributed by atoms with Crippen molar-refractivity contribution in [2.45, 2.75) is 47.3 Å². The normalized spacial score (nSPS) is 10.2. The molecule has 0 heterocycles. The molecule has 0 fully saturated rings. The van der Waals surface area contributed by atoms with E-state index in [-0.39, 0.29) is 35.2 Å². The number of methoxy groups -OCH3 is 2. The summed E-state index contributed by atoms with van der Waals surface area (Å²) in [5, 5.41) is 31.9. The van der Waals surface area contributed by atoms with E-state index in [4.69, 9.17) is 19.1 Å². The Kier molecular flexibility index (Phi) is 18.1. The summed E-state index contributed by atoms with van der Waals surface area (Å²) in [6.45, 7) is 15.2. The molecular formula is C28H41N3O8. The summed E-state index contributed by atoms with van der Waals surface area (Å²) in [6, 6.07) is 8.05. The number of hydrogen-bond donors (Lipinski definition) is 3. The molecule has 0 amide bonds. The minimum absolute atomic E-state index is 0.0568. The van der Waals surface area contributed by atoms with Crippen LogP contribution in [-0.4, -0.2) is 41.2 Å². The molecule has 2 rings (SSSR count). The molecule has 3 N–H and O–H groups in total. The SMILES string of the molecule is C=C/C=C(\C=C)N(O)Oc1c(OC)ccc(CONCCc2ccc(OC)c([N+](=O)[O-])c2)c1CO.CC.CC. The number of nitro groups is 1. The number of rotatable bonds is 15. The largest absolute Gasteiger partial charge is 0.493 e. The maximum absolute atomic E-state index is 11.2. The number of hydroxylamine groups is 3. The lowest BCUT2D eigenvalue weighted by Gasteiger charge is -2.22. The van der Waals surface area contributed by atoms with E-state index in [2.05, 4.69) is 18.6 Å². The Morgan fingerprint density at radius 3 is 2.28 bits per heavy atom. The van der Waals surface area contributed by atoms with Crippen LogP contribution in [0.4, 0.5) is 5.69 Å². The molecule has 0 radical (unpaired) electrons. The fourth-order valence-electron chi connectivity index (χ4n) is 3.12. The van der Waals surface area contributed by atoms with Gasteiger partial charge in [-0.05, 0) is 41.8 Å². The molecule has 0 saturated heterocycles. The van der Waals surface area contributed by atoms with Gasteiger partial charge in [0.15, 0.2) is 11.5 Å². The first-order valence-electron chi connectivity index (χ1n) is 12.5. The number of nitro benzene ring substituents is 1. The zero-order chi connectivity index (χ0) is 29.8. The number of nitrogens with one attached hydrogen (secondary N) is 1. The summed E-state index contributed by atoms with van der Waals surface area (Å²) in [4.78, 5) is 21.7. The summed E-state index contributed by atoms with van der Waals surface area (Å²) in [5.74, 6) is 0.576. The third-order valence-corrected chi connectivity index (χ3v) is 4.88. The van der Waals surface area contributed by atoms with E-state index in [9.17, 15) is 20.4 Å². The molecular weight excluding hydrogens is 506 g/mol. The molecule has 2 aromatic carbocycles. The van der Waals surface area contributed by atoms with Crippen LogP contribution >= 0.6 is 0 Å². The molecule has 0 aliphatic heterocycles. The lowest BCUT2D eigenvalue weighted by Crippen LogP contribution is -2.23. The van der Waals surface area contributed by atoms with Crippen molar-refractivity contribution in [1.82, 2.24) is 10.7 Å². The highest BCUT2D eigenvalue weighted by molar-refractivity contribution is 5.50. The van der Waals surface area contributed by atoms with Crippen LogP contribution in [0.1, 0.15) is 44.4 Å². The van der Waals surface area contributed by atoms with Gasteiger partial charge in [-0.2, -0.15) is 0 Å². The monoisotopic (exact) mass is 547 g/mol. The molecule has 39 heavy (non-hydrogen) atoms. The molecule has 0 aliphatic rings. The minimum atomic E-state index is -0.495. The Bertz CT molecular complexity index is 1070. The number of hydrogen-bond acceptors (Lipinski definition) is 10. The van der Waals surface area contributed by atoms with E-state index in [1.807, 2.05) is 27.7 Å². The zero-order valence-corrected chi connectivity index (χ0v) is 23.6. The van der Waals surface area contributed by atoms with Gasteiger partial charge in [0, 0.05) is 18.2 Å². The third kappa shape index (κ3) is 10.8. The maximum atomic E-state index is 11.2. The third-order valence-electron chi connectivity index (χ3n) is 4.88. The first-order chi connectivity index (χ1) is 18.9. The van der Waals surface area contributed by atoms with Crippen molar-refractivity contribution in [3.8, 4) is 17.2 Å². The van der Waals surface area contributed by atoms with E-state index in [0.717, 1.165) is 5.56 Å². The molecule has 0 bridgehead atoms. The highest BCUT2D eigenvalue weighted by Crippen LogP contribution is 2.35. The van der Waals surface area contributed by atoms with Gasteiger partial charge in [-0.25, -0.2) is 5.48 Å². The highest BCUT2D eigenvalue weighted by Gasteiger charge is 2.19. The molecule has 216 valence electrons. The average molecular weight is 548 g/mol. The highest BCUT2D eigenvalue weighted by atomic mass is 16.9. The van der Waals surface area contributed by atoms with E-state index in [0.29, 0.717) is 29.3 Å². The quantitative estimate of drug-likeness (QED) is 0.111. The summed E-state index contributed by atoms with van der Waals surface area (Å²) < 4.78 is 10.3. The Morgan fingerprint density at radius 1 is 1.10 bits per heavy atom. The standard InChI is InChI=1S/C24H29N3O8.2C2H6/c1-5-7-19(6-2)27(31)35-24-20(15-28)18(9-11-23(24)33-4)16-34-25-13-12-17-8-10-22(32-3)21(14-17)26(29)30;2*1-2/h5-11,14,25,28,31H,1-2,12-13,15-16H2,3-4H3;2*1-2H3/b19-7+;;. The zero-order valence-electron chi connectivity index (χ0n) is 23.6. The molecule has 0 unspecified atom stereocenters. The van der Waals surface area contributed by atoms with Crippen molar-refractivity contribution in [1.29, 1.82) is 0 Å². The topological polar surface area (TPSA) is 136 Å². The van der Waals surface area contributed by atoms with E-state index in [1.54, 1.807) is 24.3 Å². The van der Waals surface area contributed by atoms with Crippen LogP contribution in [-0.2, 0) is 24.5 Å². The average Bonchev–Trinajstić information content (AvgIpc) is 2.97. The van der Waals surface area contributed by atoms with Crippen molar-refractivity contribution >= 4 is 5.69 Å². The Labute approximate surface area is 230 Å². The summed E-state index contributed by atoms with van der Waals surface area (Å²) in [6.07, 6.45) is 4.76. The number of nitrogens with zero attached hydrogens (tertiary/aromatic N) is 2. The fourth-order valence-corrected chi connectivity index (χ4v) is 3.12. The summed E-state index contributed by atoms with van der Waals surface area (Å²) in [5.41, 5.74) is 4.57. The number of benzene rings is 2. The van der Waals surface area contributed by atoms with Crippen LogP contribution in [0, 0.1) is 10.1 Å². The molecule has 11 nitrogen and oxygen atoms in total. The molecule has 0 atom stereocenters. The second-order valence-electron chi connectivity index (χ2n) is 6.98. The van der Waals surface area contributed by atoms with Gasteiger partial charge in [0.2, 0.25) is 5.75 Å². The van der Waals surface area contributed by atoms with Crippen LogP contribution in [0.2, 0.25) is 0 Å². The molecule has 2 aromatic rings. The molecule has 0 spiro atoms. The lowest BCUT2D eigenvalue weighted by atomic mass is 10.1. The Morgan fingerprint density at radius 2 is 1.74 bits per heavy atom. The van der Waals surface area contributed by atoms with Crippen molar-refractivity contribution < 1.29 is 34.4 Å². The van der Waals surface area contributed by atoms with Gasteiger partial charge in [0.05, 0.1) is 32.4 Å². The van der Waals surface area contributed by atoms with Gasteiger partial charge in [-0.15, -0.1) is 0 Å². The van der Waals surface area contributed by atoms with Gasteiger partial charge in [0.25, 0.3) is 0 Å². The van der Waals surface area contributed by atoms with Crippen molar-refractivity contribution in [2.75, 3.05) is 20.8 Å². The second-order valence-corrected chi connectivity index (χ2v) is 6.98. The minimum Gasteiger partial charge on any atom is -0.493 e. The van der Waals surface area contributed by atoms with Crippen molar-refractivity contribution in [3.63, 3.8) is 0 Å². The second kappa shape index (κ2) is 20.1. The number of aliphatic hydroxyl groups excluding tert-OH is 1. The van der Waals surface area contributed by atoms with Gasteiger partial charge < -0.3 is 19.4 Å². The smallest absolute Gasteiger partial charge is 0.311 e. The summed E-state index contributed by atoms with van der Waals surface area (Å²) in [7, 11) is 2.81. The van der Waals surface area contributed by atoms with Gasteiger partial charge in [0.1, 0.15) is 5.70 Å². The number of ether oxygens (including phenoxy) is 2. The fraction of sp³-hybridized carbons (Fsp3) is 0.357. The van der Waals surface area contributed by atoms with Crippen molar-refractivity contribution in [2.24, 2.45) is 0 Å². The van der Waals surface area contributed by atoms with E-state index >= 15 is 0 Å². The van der Waals surface area contributed by atoms with Crippen LogP contribution in [0.25, 0.3) is 0 Å². The molecule has 11 heteroatoms. The van der Waals surface area contributed by atoms with Gasteiger partial charge in [-0.1, -0.05) is 64.3 Å². The van der Waals surface area contributed by atoms with E-state index < -0.39 is 11.5 Å². The van der Waals surface area contributed by atoms with Crippen molar-refractivity contribution in [3.05, 3.63) is 94.2 Å². The number of aliphatic hydroxyl groups is 1. The first kappa shape index (κ1) is 35.1. The van der Waals surface area contributed by atoms with E-state index in [1.165, 1.54) is 38.5 Å². The van der Waals surface area contributed by atoms with Gasteiger partial charge >= 0.3 is 5.69 Å². The van der Waals surface area contributed by atoms with Crippen LogP contribution in [0.15, 0.2) is 67.4 Å². The maximum Gasteiger partial charge on any atom is 0.311 e. The van der Waals surface area contributed by atoms with Crippen LogP contribution in [0.3, 0.4) is 0 Å². The number of allylic oxidation sites excluding steroid dienone is 3. The first-order valence-corrected chi connectivity index (χ1v) is 12.5. The molecule has 0 aromatic heterocycles.